The first kappa shape index (κ1) is 15.2. The summed E-state index contributed by atoms with van der Waals surface area (Å²) < 4.78 is 19.2. The van der Waals surface area contributed by atoms with Gasteiger partial charge in [-0.2, -0.15) is 5.26 Å². The van der Waals surface area contributed by atoms with Gasteiger partial charge in [0.05, 0.1) is 29.9 Å². The molecule has 0 bridgehead atoms. The summed E-state index contributed by atoms with van der Waals surface area (Å²) in [5.74, 6) is -0.957. The first-order chi connectivity index (χ1) is 11.0. The third-order valence-corrected chi connectivity index (χ3v) is 3.92. The lowest BCUT2D eigenvalue weighted by Gasteiger charge is -2.34. The molecule has 1 aliphatic heterocycles. The number of rotatable bonds is 2. The summed E-state index contributed by atoms with van der Waals surface area (Å²) in [6, 6.07) is 4.85. The van der Waals surface area contributed by atoms with Crippen molar-refractivity contribution in [3.05, 3.63) is 35.3 Å². The summed E-state index contributed by atoms with van der Waals surface area (Å²) in [4.78, 5) is 17.5. The molecular formula is C16H15FN4O2. The van der Waals surface area contributed by atoms with Gasteiger partial charge in [0.25, 0.3) is 0 Å². The topological polar surface area (TPSA) is 92.2 Å². The molecule has 0 aliphatic carbocycles. The van der Waals surface area contributed by atoms with Crippen molar-refractivity contribution in [2.24, 2.45) is 5.73 Å². The van der Waals surface area contributed by atoms with Gasteiger partial charge < -0.3 is 15.4 Å². The molecule has 2 heterocycles. The number of primary amides is 1. The minimum absolute atomic E-state index is 0.221. The van der Waals surface area contributed by atoms with Crippen molar-refractivity contribution < 1.29 is 13.9 Å². The smallest absolute Gasteiger partial charge is 0.248 e. The van der Waals surface area contributed by atoms with Gasteiger partial charge in [0, 0.05) is 18.1 Å². The summed E-state index contributed by atoms with van der Waals surface area (Å²) in [7, 11) is 0. The van der Waals surface area contributed by atoms with Gasteiger partial charge in [-0.1, -0.05) is 0 Å². The molecule has 1 atom stereocenters. The number of fused-ring (bicyclic) bond motifs is 1. The summed E-state index contributed by atoms with van der Waals surface area (Å²) in [6.07, 6.45) is 0.713. The van der Waals surface area contributed by atoms with Crippen molar-refractivity contribution in [1.29, 1.82) is 5.26 Å². The zero-order chi connectivity index (χ0) is 16.6. The highest BCUT2D eigenvalue weighted by atomic mass is 19.1. The number of hydrogen-bond acceptors (Lipinski definition) is 5. The monoisotopic (exact) mass is 314 g/mol. The fraction of sp³-hybridized carbons (Fsp3) is 0.312. The van der Waals surface area contributed by atoms with Crippen molar-refractivity contribution >= 4 is 22.5 Å². The van der Waals surface area contributed by atoms with Crippen LogP contribution in [0.25, 0.3) is 10.9 Å². The Balaban J connectivity index is 2.18. The van der Waals surface area contributed by atoms with Gasteiger partial charge in [-0.25, -0.2) is 4.39 Å². The molecule has 118 valence electrons. The van der Waals surface area contributed by atoms with E-state index < -0.39 is 17.8 Å². The van der Waals surface area contributed by atoms with E-state index in [9.17, 15) is 14.4 Å². The number of aryl methyl sites for hydroxylation is 1. The highest BCUT2D eigenvalue weighted by Gasteiger charge is 2.27. The highest BCUT2D eigenvalue weighted by Crippen LogP contribution is 2.32. The van der Waals surface area contributed by atoms with E-state index in [1.54, 1.807) is 6.92 Å². The number of carbonyl (C=O) groups is 1. The second kappa shape index (κ2) is 5.82. The van der Waals surface area contributed by atoms with Gasteiger partial charge in [0.15, 0.2) is 6.10 Å². The Morgan fingerprint density at radius 1 is 1.57 bits per heavy atom. The molecule has 2 aromatic rings. The van der Waals surface area contributed by atoms with Crippen LogP contribution in [-0.4, -0.2) is 36.7 Å². The van der Waals surface area contributed by atoms with Crippen molar-refractivity contribution in [3.8, 4) is 6.07 Å². The fourth-order valence-electron chi connectivity index (χ4n) is 2.87. The molecule has 3 rings (SSSR count). The lowest BCUT2D eigenvalue weighted by atomic mass is 10.0. The number of carbonyl (C=O) groups excluding carboxylic acids is 1. The number of halogens is 1. The van der Waals surface area contributed by atoms with E-state index in [2.05, 4.69) is 11.1 Å². The number of hydrogen-bond donors (Lipinski definition) is 1. The molecule has 0 radical (unpaired) electrons. The van der Waals surface area contributed by atoms with Gasteiger partial charge in [0.2, 0.25) is 5.91 Å². The van der Waals surface area contributed by atoms with Gasteiger partial charge in [-0.05, 0) is 24.6 Å². The number of nitrogens with zero attached hydrogens (tertiary/aromatic N) is 3. The quantitative estimate of drug-likeness (QED) is 0.900. The predicted octanol–water partition coefficient (Wildman–Crippen LogP) is 1.24. The third kappa shape index (κ3) is 2.69. The zero-order valence-electron chi connectivity index (χ0n) is 12.5. The second-order valence-electron chi connectivity index (χ2n) is 5.46. The SMILES string of the molecule is Cc1cc(F)cc2c(N3CCO[C@@H](C(N)=O)C3)c(C#N)cnc12. The maximum absolute atomic E-state index is 13.9. The predicted molar refractivity (Wildman–Crippen MR) is 82.3 cm³/mol. The van der Waals surface area contributed by atoms with E-state index in [0.29, 0.717) is 40.9 Å². The van der Waals surface area contributed by atoms with Crippen molar-refractivity contribution in [2.45, 2.75) is 13.0 Å². The van der Waals surface area contributed by atoms with E-state index in [-0.39, 0.29) is 6.54 Å². The number of ether oxygens (including phenoxy) is 1. The first-order valence-corrected chi connectivity index (χ1v) is 7.16. The number of pyridine rings is 1. The molecule has 1 aliphatic rings. The molecule has 6 nitrogen and oxygen atoms in total. The molecule has 7 heteroatoms. The molecule has 23 heavy (non-hydrogen) atoms. The van der Waals surface area contributed by atoms with Crippen LogP contribution in [-0.2, 0) is 9.53 Å². The molecule has 0 spiro atoms. The van der Waals surface area contributed by atoms with Gasteiger partial charge >= 0.3 is 0 Å². The molecule has 0 saturated carbocycles. The van der Waals surface area contributed by atoms with Crippen LogP contribution >= 0.6 is 0 Å². The molecule has 1 saturated heterocycles. The summed E-state index contributed by atoms with van der Waals surface area (Å²) >= 11 is 0. The van der Waals surface area contributed by atoms with Crippen LogP contribution in [0.3, 0.4) is 0 Å². The zero-order valence-corrected chi connectivity index (χ0v) is 12.5. The van der Waals surface area contributed by atoms with Crippen LogP contribution in [0, 0.1) is 24.1 Å². The van der Waals surface area contributed by atoms with Crippen LogP contribution < -0.4 is 10.6 Å². The highest BCUT2D eigenvalue weighted by molar-refractivity contribution is 5.96. The summed E-state index contributed by atoms with van der Waals surface area (Å²) in [5, 5.41) is 9.94. The van der Waals surface area contributed by atoms with E-state index in [1.807, 2.05) is 4.90 Å². The number of benzene rings is 1. The Morgan fingerprint density at radius 3 is 3.04 bits per heavy atom. The second-order valence-corrected chi connectivity index (χ2v) is 5.46. The first-order valence-electron chi connectivity index (χ1n) is 7.16. The van der Waals surface area contributed by atoms with Crippen LogP contribution in [0.15, 0.2) is 18.3 Å². The minimum atomic E-state index is -0.756. The Bertz CT molecular complexity index is 831. The molecular weight excluding hydrogens is 299 g/mol. The molecule has 1 amide bonds. The van der Waals surface area contributed by atoms with Crippen LogP contribution in [0.5, 0.6) is 0 Å². The maximum atomic E-state index is 13.9. The van der Waals surface area contributed by atoms with Crippen molar-refractivity contribution in [3.63, 3.8) is 0 Å². The number of amides is 1. The van der Waals surface area contributed by atoms with Crippen molar-refractivity contribution in [2.75, 3.05) is 24.6 Å². The molecule has 1 fully saturated rings. The number of anilines is 1. The van der Waals surface area contributed by atoms with E-state index >= 15 is 0 Å². The van der Waals surface area contributed by atoms with Gasteiger partial charge in [0.1, 0.15) is 11.9 Å². The number of aromatic nitrogens is 1. The van der Waals surface area contributed by atoms with E-state index in [0.717, 1.165) is 0 Å². The number of nitriles is 1. The van der Waals surface area contributed by atoms with E-state index in [1.165, 1.54) is 18.3 Å². The lowest BCUT2D eigenvalue weighted by Crippen LogP contribution is -2.48. The Morgan fingerprint density at radius 2 is 2.35 bits per heavy atom. The van der Waals surface area contributed by atoms with Gasteiger partial charge in [-0.15, -0.1) is 0 Å². The average Bonchev–Trinajstić information content (AvgIpc) is 2.53. The number of nitrogens with two attached hydrogens (primary N) is 1. The average molecular weight is 314 g/mol. The van der Waals surface area contributed by atoms with Crippen LogP contribution in [0.4, 0.5) is 10.1 Å². The van der Waals surface area contributed by atoms with Gasteiger partial charge in [-0.3, -0.25) is 9.78 Å². The Hall–Kier alpha value is -2.72. The normalized spacial score (nSPS) is 18.0. The van der Waals surface area contributed by atoms with Crippen LogP contribution in [0.1, 0.15) is 11.1 Å². The molecule has 0 unspecified atom stereocenters. The third-order valence-electron chi connectivity index (χ3n) is 3.92. The maximum Gasteiger partial charge on any atom is 0.248 e. The largest absolute Gasteiger partial charge is 0.367 e. The van der Waals surface area contributed by atoms with E-state index in [4.69, 9.17) is 10.5 Å². The van der Waals surface area contributed by atoms with Crippen LogP contribution in [0.2, 0.25) is 0 Å². The minimum Gasteiger partial charge on any atom is -0.367 e. The molecule has 1 aromatic heterocycles. The Kier molecular flexibility index (Phi) is 3.84. The summed E-state index contributed by atoms with van der Waals surface area (Å²) in [6.45, 7) is 2.77. The standard InChI is InChI=1S/C16H15FN4O2/c1-9-4-11(17)5-12-14(9)20-7-10(6-18)15(12)21-2-3-23-13(8-21)16(19)22/h4-5,7,13H,2-3,8H2,1H3,(H2,19,22)/t13-/m1/s1. The summed E-state index contributed by atoms with van der Waals surface area (Å²) in [5.41, 5.74) is 7.51. The fourth-order valence-corrected chi connectivity index (χ4v) is 2.87. The molecule has 1 aromatic carbocycles. The number of morpholine rings is 1. The molecule has 2 N–H and O–H groups in total. The van der Waals surface area contributed by atoms with Crippen molar-refractivity contribution in [1.82, 2.24) is 4.98 Å². The lowest BCUT2D eigenvalue weighted by molar-refractivity contribution is -0.130. The Labute approximate surface area is 132 Å².